The Hall–Kier alpha value is -0.740. The van der Waals surface area contributed by atoms with Crippen LogP contribution in [-0.2, 0) is 6.54 Å². The van der Waals surface area contributed by atoms with Gasteiger partial charge in [0.05, 0.1) is 0 Å². The van der Waals surface area contributed by atoms with Gasteiger partial charge in [0.15, 0.2) is 12.4 Å². The highest BCUT2D eigenvalue weighted by molar-refractivity contribution is 8.93. The Kier molecular flexibility index (Phi) is 8.85. The maximum absolute atomic E-state index is 4.02. The number of hydrogen-bond acceptors (Lipinski definition) is 1. The summed E-state index contributed by atoms with van der Waals surface area (Å²) in [4.78, 5) is 4.02. The molecule has 2 rings (SSSR count). The van der Waals surface area contributed by atoms with Crippen LogP contribution in [0.5, 0.6) is 0 Å². The van der Waals surface area contributed by atoms with E-state index in [-0.39, 0.29) is 34.0 Å². The summed E-state index contributed by atoms with van der Waals surface area (Å²) in [6, 6.07) is 8.38. The van der Waals surface area contributed by atoms with Crippen molar-refractivity contribution in [3.05, 3.63) is 49.1 Å². The molecular weight excluding hydrogens is 356 g/mol. The van der Waals surface area contributed by atoms with Gasteiger partial charge < -0.3 is 17.0 Å². The number of pyridine rings is 2. The fourth-order valence-corrected chi connectivity index (χ4v) is 1.68. The van der Waals surface area contributed by atoms with Crippen LogP contribution >= 0.6 is 17.0 Å². The zero-order valence-corrected chi connectivity index (χ0v) is 13.7. The van der Waals surface area contributed by atoms with Crippen LogP contribution < -0.4 is 21.5 Å². The fraction of sp³-hybridized carbons (Fsp3) is 0.286. The molecule has 2 nitrogen and oxygen atoms in total. The van der Waals surface area contributed by atoms with Crippen molar-refractivity contribution in [2.45, 2.75) is 26.3 Å². The minimum Gasteiger partial charge on any atom is -1.00 e. The van der Waals surface area contributed by atoms with Crippen LogP contribution in [0, 0.1) is 0 Å². The second-order valence-corrected chi connectivity index (χ2v) is 3.91. The van der Waals surface area contributed by atoms with Gasteiger partial charge in [-0.1, -0.05) is 13.3 Å². The predicted molar refractivity (Wildman–Crippen MR) is 75.1 cm³/mol. The molecule has 0 spiro atoms. The van der Waals surface area contributed by atoms with Gasteiger partial charge in [-0.3, -0.25) is 4.98 Å². The highest BCUT2D eigenvalue weighted by Crippen LogP contribution is 2.15. The van der Waals surface area contributed by atoms with Crippen LogP contribution in [0.4, 0.5) is 0 Å². The van der Waals surface area contributed by atoms with Crippen molar-refractivity contribution in [3.8, 4) is 11.1 Å². The Labute approximate surface area is 130 Å². The van der Waals surface area contributed by atoms with Gasteiger partial charge in [-0.25, -0.2) is 4.57 Å². The summed E-state index contributed by atoms with van der Waals surface area (Å²) >= 11 is 0. The molecule has 98 valence electrons. The van der Waals surface area contributed by atoms with Crippen molar-refractivity contribution in [2.24, 2.45) is 0 Å². The third-order valence-electron chi connectivity index (χ3n) is 2.67. The monoisotopic (exact) mass is 372 g/mol. The fourth-order valence-electron chi connectivity index (χ4n) is 1.68. The third kappa shape index (κ3) is 4.86. The molecule has 0 aromatic carbocycles. The highest BCUT2D eigenvalue weighted by Gasteiger charge is 2.01. The zero-order chi connectivity index (χ0) is 11.2. The van der Waals surface area contributed by atoms with Gasteiger partial charge in [0.1, 0.15) is 6.54 Å². The van der Waals surface area contributed by atoms with Gasteiger partial charge in [0.2, 0.25) is 0 Å². The van der Waals surface area contributed by atoms with Crippen LogP contribution in [0.2, 0.25) is 0 Å². The molecule has 0 aliphatic heterocycles. The molecule has 0 fully saturated rings. The summed E-state index contributed by atoms with van der Waals surface area (Å²) in [6.45, 7) is 3.32. The van der Waals surface area contributed by atoms with E-state index in [1.165, 1.54) is 24.0 Å². The molecule has 0 aliphatic rings. The Morgan fingerprint density at radius 2 is 1.56 bits per heavy atom. The number of unbranched alkanes of at least 4 members (excludes halogenated alkanes) is 1. The first-order chi connectivity index (χ1) is 7.90. The molecule has 2 heterocycles. The summed E-state index contributed by atoms with van der Waals surface area (Å²) in [6.07, 6.45) is 10.4. The Morgan fingerprint density at radius 1 is 1.00 bits per heavy atom. The van der Waals surface area contributed by atoms with Gasteiger partial charge in [-0.2, -0.15) is 0 Å². The normalized spacial score (nSPS) is 9.17. The first kappa shape index (κ1) is 17.3. The lowest BCUT2D eigenvalue weighted by atomic mass is 10.1. The van der Waals surface area contributed by atoms with E-state index in [0.717, 1.165) is 6.54 Å². The maximum Gasteiger partial charge on any atom is 0.169 e. The van der Waals surface area contributed by atoms with Crippen molar-refractivity contribution in [2.75, 3.05) is 0 Å². The van der Waals surface area contributed by atoms with Crippen molar-refractivity contribution >= 4 is 17.0 Å². The molecule has 0 N–H and O–H groups in total. The van der Waals surface area contributed by atoms with Crippen LogP contribution in [0.25, 0.3) is 11.1 Å². The topological polar surface area (TPSA) is 16.8 Å². The summed E-state index contributed by atoms with van der Waals surface area (Å²) < 4.78 is 2.23. The summed E-state index contributed by atoms with van der Waals surface area (Å²) in [5.41, 5.74) is 2.47. The molecule has 18 heavy (non-hydrogen) atoms. The van der Waals surface area contributed by atoms with Crippen molar-refractivity contribution < 1.29 is 21.5 Å². The Morgan fingerprint density at radius 3 is 2.11 bits per heavy atom. The SMILES string of the molecule is Br.CCCC[n+]1ccc(-c2ccncc2)cc1.[Br-]. The van der Waals surface area contributed by atoms with Gasteiger partial charge in [-0.15, -0.1) is 17.0 Å². The molecule has 2 aromatic rings. The number of rotatable bonds is 4. The average Bonchev–Trinajstić information content (AvgIpc) is 2.38. The molecular formula is C14H18Br2N2. The van der Waals surface area contributed by atoms with Gasteiger partial charge in [-0.05, 0) is 23.3 Å². The smallest absolute Gasteiger partial charge is 0.169 e. The molecule has 0 saturated heterocycles. The lowest BCUT2D eigenvalue weighted by molar-refractivity contribution is -0.697. The minimum absolute atomic E-state index is 0. The molecule has 0 unspecified atom stereocenters. The third-order valence-corrected chi connectivity index (χ3v) is 2.67. The molecule has 0 atom stereocenters. The van der Waals surface area contributed by atoms with Crippen LogP contribution in [-0.4, -0.2) is 4.98 Å². The Bertz CT molecular complexity index is 429. The van der Waals surface area contributed by atoms with E-state index in [1.807, 2.05) is 24.5 Å². The number of aryl methyl sites for hydroxylation is 1. The van der Waals surface area contributed by atoms with Gasteiger partial charge in [0, 0.05) is 30.9 Å². The predicted octanol–water partition coefficient (Wildman–Crippen LogP) is 0.418. The first-order valence-electron chi connectivity index (χ1n) is 5.79. The number of nitrogens with zero attached hydrogens (tertiary/aromatic N) is 2. The van der Waals surface area contributed by atoms with E-state index >= 15 is 0 Å². The minimum atomic E-state index is 0. The summed E-state index contributed by atoms with van der Waals surface area (Å²) in [5.74, 6) is 0. The van der Waals surface area contributed by atoms with Gasteiger partial charge >= 0.3 is 0 Å². The molecule has 0 amide bonds. The van der Waals surface area contributed by atoms with E-state index in [0.29, 0.717) is 0 Å². The zero-order valence-electron chi connectivity index (χ0n) is 10.4. The molecule has 0 saturated carbocycles. The first-order valence-corrected chi connectivity index (χ1v) is 5.79. The average molecular weight is 374 g/mol. The number of hydrogen-bond donors (Lipinski definition) is 0. The van der Waals surface area contributed by atoms with Gasteiger partial charge in [0.25, 0.3) is 0 Å². The number of aromatic nitrogens is 2. The molecule has 0 bridgehead atoms. The second-order valence-electron chi connectivity index (χ2n) is 3.91. The van der Waals surface area contributed by atoms with E-state index in [4.69, 9.17) is 0 Å². The van der Waals surface area contributed by atoms with E-state index in [9.17, 15) is 0 Å². The number of halogens is 2. The van der Waals surface area contributed by atoms with Crippen LogP contribution in [0.3, 0.4) is 0 Å². The molecule has 2 aromatic heterocycles. The Balaban J connectivity index is 0.00000144. The summed E-state index contributed by atoms with van der Waals surface area (Å²) in [7, 11) is 0. The summed E-state index contributed by atoms with van der Waals surface area (Å²) in [5, 5.41) is 0. The molecule has 0 aliphatic carbocycles. The standard InChI is InChI=1S/C14H17N2.2BrH/c1-2-3-10-16-11-6-14(7-12-16)13-4-8-15-9-5-13;;/h4-9,11-12H,2-3,10H2,1H3;2*1H/q+1;;/p-1. The molecule has 0 radical (unpaired) electrons. The van der Waals surface area contributed by atoms with Crippen molar-refractivity contribution in [1.82, 2.24) is 4.98 Å². The van der Waals surface area contributed by atoms with Crippen LogP contribution in [0.15, 0.2) is 49.1 Å². The lowest BCUT2D eigenvalue weighted by Gasteiger charge is -2.00. The quantitative estimate of drug-likeness (QED) is 0.709. The maximum atomic E-state index is 4.02. The van der Waals surface area contributed by atoms with Crippen LogP contribution in [0.1, 0.15) is 19.8 Å². The second kappa shape index (κ2) is 9.22. The van der Waals surface area contributed by atoms with E-state index in [2.05, 4.69) is 41.0 Å². The van der Waals surface area contributed by atoms with Crippen molar-refractivity contribution in [1.29, 1.82) is 0 Å². The van der Waals surface area contributed by atoms with E-state index in [1.54, 1.807) is 0 Å². The highest BCUT2D eigenvalue weighted by atomic mass is 79.9. The van der Waals surface area contributed by atoms with E-state index < -0.39 is 0 Å². The largest absolute Gasteiger partial charge is 1.00 e. The van der Waals surface area contributed by atoms with Crippen molar-refractivity contribution in [3.63, 3.8) is 0 Å². The lowest BCUT2D eigenvalue weighted by Crippen LogP contribution is -3.00. The molecule has 4 heteroatoms.